The molecule has 2 atom stereocenters. The zero-order chi connectivity index (χ0) is 14.6. The van der Waals surface area contributed by atoms with E-state index in [1.165, 1.54) is 0 Å². The van der Waals surface area contributed by atoms with E-state index in [-0.39, 0.29) is 27.2 Å². The Morgan fingerprint density at radius 2 is 1.20 bits per heavy atom. The van der Waals surface area contributed by atoms with Gasteiger partial charge in [-0.25, -0.2) is 0 Å². The van der Waals surface area contributed by atoms with Gasteiger partial charge >= 0.3 is 21.1 Å². The van der Waals surface area contributed by atoms with Gasteiger partial charge in [-0.15, -0.1) is 0 Å². The maximum Gasteiger partial charge on any atom is 2.00 e. The SMILES string of the molecule is CC(O)C(=O)[O-].CC(O)C(=O)[O-].N.[Pt+2].c1ccncc1. The van der Waals surface area contributed by atoms with Gasteiger partial charge in [-0.2, -0.15) is 0 Å². The van der Waals surface area contributed by atoms with Gasteiger partial charge in [-0.3, -0.25) is 4.98 Å². The minimum atomic E-state index is -1.44. The van der Waals surface area contributed by atoms with E-state index in [9.17, 15) is 19.8 Å². The van der Waals surface area contributed by atoms with Gasteiger partial charge in [0, 0.05) is 12.4 Å². The van der Waals surface area contributed by atoms with Gasteiger partial charge in [0.05, 0.1) is 24.1 Å². The van der Waals surface area contributed by atoms with Gasteiger partial charge in [-0.1, -0.05) is 6.07 Å². The van der Waals surface area contributed by atoms with Gasteiger partial charge in [0.1, 0.15) is 0 Å². The molecule has 1 aromatic rings. The molecule has 1 rings (SSSR count). The van der Waals surface area contributed by atoms with E-state index in [2.05, 4.69) is 4.98 Å². The third-order valence-corrected chi connectivity index (χ3v) is 1.25. The fraction of sp³-hybridized carbons (Fsp3) is 0.364. The zero-order valence-corrected chi connectivity index (χ0v) is 13.3. The van der Waals surface area contributed by atoms with Crippen molar-refractivity contribution in [1.82, 2.24) is 11.1 Å². The molecule has 2 unspecified atom stereocenters. The van der Waals surface area contributed by atoms with Crippen molar-refractivity contribution in [1.29, 1.82) is 0 Å². The Balaban J connectivity index is -0.0000000914. The zero-order valence-electron chi connectivity index (χ0n) is 11.0. The molecular formula is C11H18N2O6Pt. The number of aliphatic hydroxyl groups excluding tert-OH is 2. The van der Waals surface area contributed by atoms with Crippen LogP contribution in [0.5, 0.6) is 0 Å². The molecule has 0 bridgehead atoms. The minimum Gasteiger partial charge on any atom is -0.547 e. The number of aliphatic hydroxyl groups is 2. The summed E-state index contributed by atoms with van der Waals surface area (Å²) in [4.78, 5) is 22.5. The molecule has 118 valence electrons. The first-order chi connectivity index (χ1) is 8.29. The largest absolute Gasteiger partial charge is 2.00 e. The molecule has 0 saturated heterocycles. The first-order valence-corrected chi connectivity index (χ1v) is 4.91. The minimum absolute atomic E-state index is 0. The van der Waals surface area contributed by atoms with Crippen LogP contribution in [0.3, 0.4) is 0 Å². The summed E-state index contributed by atoms with van der Waals surface area (Å²) in [5.74, 6) is -2.87. The van der Waals surface area contributed by atoms with Crippen molar-refractivity contribution in [3.05, 3.63) is 30.6 Å². The molecule has 0 aliphatic heterocycles. The molecule has 1 heterocycles. The summed E-state index contributed by atoms with van der Waals surface area (Å²) < 4.78 is 0. The number of aliphatic carboxylic acids is 2. The summed E-state index contributed by atoms with van der Waals surface area (Å²) in [6.07, 6.45) is 0.815. The van der Waals surface area contributed by atoms with Crippen molar-refractivity contribution in [2.45, 2.75) is 26.1 Å². The summed E-state index contributed by atoms with van der Waals surface area (Å²) >= 11 is 0. The van der Waals surface area contributed by atoms with Crippen LogP contribution in [-0.2, 0) is 30.7 Å². The second kappa shape index (κ2) is 17.7. The van der Waals surface area contributed by atoms with Gasteiger partial charge in [0.15, 0.2) is 0 Å². The number of rotatable bonds is 2. The molecule has 0 aromatic carbocycles. The molecule has 0 saturated carbocycles. The standard InChI is InChI=1S/C5H5N.2C3H6O3.H3N.Pt/c1-2-4-6-5-3-1;2*1-2(4)3(5)6;;/h1-5H;2*2,4H,1H3,(H,5,6);1H3;/q;;;;+2/p-2. The molecular weight excluding hydrogens is 451 g/mol. The summed E-state index contributed by atoms with van der Waals surface area (Å²) in [5.41, 5.74) is 0. The maximum atomic E-state index is 9.34. The Bertz CT molecular complexity index is 290. The van der Waals surface area contributed by atoms with E-state index < -0.39 is 24.1 Å². The number of hydrogen-bond donors (Lipinski definition) is 3. The second-order valence-electron chi connectivity index (χ2n) is 3.01. The van der Waals surface area contributed by atoms with Gasteiger partial charge < -0.3 is 36.2 Å². The molecule has 5 N–H and O–H groups in total. The normalized spacial score (nSPS) is 10.6. The predicted molar refractivity (Wildman–Crippen MR) is 62.6 cm³/mol. The third kappa shape index (κ3) is 25.5. The molecule has 0 radical (unpaired) electrons. The van der Waals surface area contributed by atoms with E-state index >= 15 is 0 Å². The van der Waals surface area contributed by atoms with Crippen LogP contribution in [0.15, 0.2) is 30.6 Å². The predicted octanol–water partition coefficient (Wildman–Crippen LogP) is -2.52. The van der Waals surface area contributed by atoms with Gasteiger partial charge in [0.2, 0.25) is 0 Å². The molecule has 9 heteroatoms. The Morgan fingerprint density at radius 1 is 0.950 bits per heavy atom. The van der Waals surface area contributed by atoms with Crippen LogP contribution in [0, 0.1) is 0 Å². The van der Waals surface area contributed by atoms with E-state index in [4.69, 9.17) is 10.2 Å². The number of nitrogens with zero attached hydrogens (tertiary/aromatic N) is 1. The van der Waals surface area contributed by atoms with E-state index in [1.54, 1.807) is 12.4 Å². The smallest absolute Gasteiger partial charge is 0.547 e. The summed E-state index contributed by atoms with van der Waals surface area (Å²) in [6.45, 7) is 2.27. The van der Waals surface area contributed by atoms with E-state index in [0.29, 0.717) is 0 Å². The topological polar surface area (TPSA) is 169 Å². The molecule has 0 fully saturated rings. The third-order valence-electron chi connectivity index (χ3n) is 1.25. The van der Waals surface area contributed by atoms with Crippen LogP contribution < -0.4 is 16.4 Å². The quantitative estimate of drug-likeness (QED) is 0.426. The number of carboxylic acids is 2. The molecule has 0 aliphatic carbocycles. The molecule has 0 amide bonds. The molecule has 20 heavy (non-hydrogen) atoms. The molecule has 8 nitrogen and oxygen atoms in total. The maximum absolute atomic E-state index is 9.34. The molecule has 0 spiro atoms. The number of carbonyl (C=O) groups is 2. The summed E-state index contributed by atoms with van der Waals surface area (Å²) in [7, 11) is 0. The Kier molecular flexibility index (Phi) is 23.9. The van der Waals surface area contributed by atoms with Crippen LogP contribution in [0.25, 0.3) is 0 Å². The number of aromatic nitrogens is 1. The number of carboxylic acid groups (broad SMARTS) is 2. The number of pyridine rings is 1. The number of hydrogen-bond acceptors (Lipinski definition) is 8. The van der Waals surface area contributed by atoms with Crippen molar-refractivity contribution in [2.75, 3.05) is 0 Å². The van der Waals surface area contributed by atoms with Crippen LogP contribution >= 0.6 is 0 Å². The average molecular weight is 469 g/mol. The summed E-state index contributed by atoms with van der Waals surface area (Å²) in [5, 5.41) is 34.6. The van der Waals surface area contributed by atoms with Crippen molar-refractivity contribution in [3.63, 3.8) is 0 Å². The van der Waals surface area contributed by atoms with Gasteiger partial charge in [-0.05, 0) is 26.0 Å². The van der Waals surface area contributed by atoms with Crippen molar-refractivity contribution in [2.24, 2.45) is 0 Å². The fourth-order valence-corrected chi connectivity index (χ4v) is 0.313. The van der Waals surface area contributed by atoms with Crippen LogP contribution in [0.2, 0.25) is 0 Å². The Labute approximate surface area is 131 Å². The molecule has 0 aliphatic rings. The van der Waals surface area contributed by atoms with E-state index in [1.807, 2.05) is 18.2 Å². The molecule has 1 aromatic heterocycles. The first kappa shape index (κ1) is 27.1. The van der Waals surface area contributed by atoms with Crippen molar-refractivity contribution in [3.8, 4) is 0 Å². The fourth-order valence-electron chi connectivity index (χ4n) is 0.313. The van der Waals surface area contributed by atoms with Gasteiger partial charge in [0.25, 0.3) is 0 Å². The average Bonchev–Trinajstić information content (AvgIpc) is 2.32. The van der Waals surface area contributed by atoms with Crippen LogP contribution in [0.1, 0.15) is 13.8 Å². The Morgan fingerprint density at radius 3 is 1.25 bits per heavy atom. The van der Waals surface area contributed by atoms with Crippen LogP contribution in [-0.4, -0.2) is 39.3 Å². The second-order valence-corrected chi connectivity index (χ2v) is 3.01. The van der Waals surface area contributed by atoms with Crippen molar-refractivity contribution >= 4 is 11.9 Å². The van der Waals surface area contributed by atoms with Crippen LogP contribution in [0.4, 0.5) is 0 Å². The van der Waals surface area contributed by atoms with Crippen molar-refractivity contribution < 1.29 is 51.1 Å². The Hall–Kier alpha value is -1.34. The number of carbonyl (C=O) groups excluding carboxylic acids is 2. The van der Waals surface area contributed by atoms with E-state index in [0.717, 1.165) is 13.8 Å². The monoisotopic (exact) mass is 469 g/mol. The first-order valence-electron chi connectivity index (χ1n) is 4.91. The summed E-state index contributed by atoms with van der Waals surface area (Å²) in [6, 6.07) is 5.72.